The number of aliphatic hydroxyl groups is 1. The molecule has 0 bridgehead atoms. The molecule has 16 heavy (non-hydrogen) atoms. The average molecular weight is 285 g/mol. The van der Waals surface area contributed by atoms with Crippen molar-refractivity contribution in [3.63, 3.8) is 0 Å². The number of amides is 1. The van der Waals surface area contributed by atoms with Crippen LogP contribution in [0, 0.1) is 0 Å². The second-order valence-corrected chi connectivity index (χ2v) is 4.85. The van der Waals surface area contributed by atoms with E-state index in [9.17, 15) is 9.90 Å². The fraction of sp³-hybridized carbons (Fsp3) is 0.455. The van der Waals surface area contributed by atoms with E-state index in [1.807, 2.05) is 0 Å². The Morgan fingerprint density at radius 1 is 1.62 bits per heavy atom. The van der Waals surface area contributed by atoms with E-state index in [4.69, 9.17) is 0 Å². The van der Waals surface area contributed by atoms with Gasteiger partial charge in [-0.2, -0.15) is 0 Å². The van der Waals surface area contributed by atoms with Crippen LogP contribution in [0.15, 0.2) is 22.9 Å². The van der Waals surface area contributed by atoms with Gasteiger partial charge in [0.15, 0.2) is 0 Å². The largest absolute Gasteiger partial charge is 0.388 e. The first-order chi connectivity index (χ1) is 7.61. The number of hydrogen-bond acceptors (Lipinski definition) is 3. The number of nitrogens with one attached hydrogen (secondary N) is 1. The highest BCUT2D eigenvalue weighted by Crippen LogP contribution is 2.30. The summed E-state index contributed by atoms with van der Waals surface area (Å²) in [7, 11) is 0. The van der Waals surface area contributed by atoms with Crippen LogP contribution in [0.4, 0.5) is 0 Å². The van der Waals surface area contributed by atoms with Crippen molar-refractivity contribution in [3.8, 4) is 0 Å². The zero-order valence-electron chi connectivity index (χ0n) is 8.74. The molecule has 1 aromatic heterocycles. The summed E-state index contributed by atoms with van der Waals surface area (Å²) in [6.45, 7) is 0.313. The average Bonchev–Trinajstić information content (AvgIpc) is 2.24. The summed E-state index contributed by atoms with van der Waals surface area (Å²) in [4.78, 5) is 15.7. The molecule has 1 aromatic rings. The molecule has 1 fully saturated rings. The van der Waals surface area contributed by atoms with Crippen molar-refractivity contribution in [2.75, 3.05) is 6.54 Å². The predicted molar refractivity (Wildman–Crippen MR) is 63.1 cm³/mol. The number of rotatable bonds is 3. The molecular weight excluding hydrogens is 272 g/mol. The molecule has 1 amide bonds. The number of carbonyl (C=O) groups is 1. The van der Waals surface area contributed by atoms with Crippen molar-refractivity contribution in [3.05, 3.63) is 28.5 Å². The lowest BCUT2D eigenvalue weighted by atomic mass is 9.80. The first kappa shape index (κ1) is 11.5. The van der Waals surface area contributed by atoms with Crippen molar-refractivity contribution in [1.29, 1.82) is 0 Å². The minimum Gasteiger partial charge on any atom is -0.388 e. The van der Waals surface area contributed by atoms with Crippen LogP contribution < -0.4 is 5.32 Å². The van der Waals surface area contributed by atoms with E-state index in [0.29, 0.717) is 16.7 Å². The molecule has 4 nitrogen and oxygen atoms in total. The number of carbonyl (C=O) groups excluding carboxylic acids is 1. The minimum atomic E-state index is -0.690. The lowest BCUT2D eigenvalue weighted by molar-refractivity contribution is -0.0300. The highest BCUT2D eigenvalue weighted by atomic mass is 79.9. The van der Waals surface area contributed by atoms with Gasteiger partial charge in [-0.05, 0) is 47.3 Å². The highest BCUT2D eigenvalue weighted by molar-refractivity contribution is 9.10. The molecular formula is C11H13BrN2O2. The third kappa shape index (κ3) is 2.41. The van der Waals surface area contributed by atoms with Crippen molar-refractivity contribution in [2.24, 2.45) is 0 Å². The quantitative estimate of drug-likeness (QED) is 0.827. The number of hydrogen-bond donors (Lipinski definition) is 2. The van der Waals surface area contributed by atoms with Gasteiger partial charge < -0.3 is 10.4 Å². The van der Waals surface area contributed by atoms with E-state index in [-0.39, 0.29) is 5.91 Å². The summed E-state index contributed by atoms with van der Waals surface area (Å²) < 4.78 is 0.521. The molecule has 0 aliphatic heterocycles. The molecule has 2 rings (SSSR count). The van der Waals surface area contributed by atoms with Crippen LogP contribution in [0.2, 0.25) is 0 Å². The SMILES string of the molecule is O=C(NCC1(O)CCC1)c1cccnc1Br. The summed E-state index contributed by atoms with van der Waals surface area (Å²) in [5, 5.41) is 12.6. The normalized spacial score (nSPS) is 17.6. The Balaban J connectivity index is 1.96. The third-order valence-electron chi connectivity index (χ3n) is 2.87. The van der Waals surface area contributed by atoms with Crippen LogP contribution in [-0.2, 0) is 0 Å². The molecule has 0 spiro atoms. The standard InChI is InChI=1S/C11H13BrN2O2/c12-9-8(3-1-6-13-9)10(15)14-7-11(16)4-2-5-11/h1,3,6,16H,2,4-5,7H2,(H,14,15). The van der Waals surface area contributed by atoms with Crippen molar-refractivity contribution >= 4 is 21.8 Å². The van der Waals surface area contributed by atoms with E-state index in [1.54, 1.807) is 18.3 Å². The summed E-state index contributed by atoms with van der Waals surface area (Å²) in [5.41, 5.74) is -0.199. The van der Waals surface area contributed by atoms with Crippen LogP contribution >= 0.6 is 15.9 Å². The summed E-state index contributed by atoms with van der Waals surface area (Å²) >= 11 is 3.21. The maximum absolute atomic E-state index is 11.8. The summed E-state index contributed by atoms with van der Waals surface area (Å²) in [6.07, 6.45) is 4.17. The van der Waals surface area contributed by atoms with Gasteiger partial charge >= 0.3 is 0 Å². The fourth-order valence-corrected chi connectivity index (χ4v) is 2.09. The topological polar surface area (TPSA) is 62.2 Å². The van der Waals surface area contributed by atoms with Crippen LogP contribution in [0.25, 0.3) is 0 Å². The molecule has 1 heterocycles. The molecule has 0 aromatic carbocycles. The Hall–Kier alpha value is -0.940. The van der Waals surface area contributed by atoms with Gasteiger partial charge in [0.05, 0.1) is 11.2 Å². The molecule has 5 heteroatoms. The van der Waals surface area contributed by atoms with Crippen molar-refractivity contribution in [1.82, 2.24) is 10.3 Å². The Morgan fingerprint density at radius 2 is 2.38 bits per heavy atom. The maximum atomic E-state index is 11.8. The number of pyridine rings is 1. The molecule has 1 saturated carbocycles. The third-order valence-corrected chi connectivity index (χ3v) is 3.50. The maximum Gasteiger partial charge on any atom is 0.254 e. The Labute approximate surface area is 102 Å². The van der Waals surface area contributed by atoms with Gasteiger partial charge in [0.2, 0.25) is 0 Å². The van der Waals surface area contributed by atoms with Gasteiger partial charge in [0.25, 0.3) is 5.91 Å². The molecule has 1 aliphatic rings. The van der Waals surface area contributed by atoms with E-state index < -0.39 is 5.60 Å². The van der Waals surface area contributed by atoms with Gasteiger partial charge in [-0.1, -0.05) is 0 Å². The van der Waals surface area contributed by atoms with Crippen molar-refractivity contribution in [2.45, 2.75) is 24.9 Å². The second kappa shape index (κ2) is 4.51. The van der Waals surface area contributed by atoms with Crippen LogP contribution in [0.5, 0.6) is 0 Å². The fourth-order valence-electron chi connectivity index (χ4n) is 1.66. The first-order valence-electron chi connectivity index (χ1n) is 5.22. The van der Waals surface area contributed by atoms with Crippen LogP contribution in [0.1, 0.15) is 29.6 Å². The zero-order chi connectivity index (χ0) is 11.6. The van der Waals surface area contributed by atoms with E-state index in [2.05, 4.69) is 26.2 Å². The van der Waals surface area contributed by atoms with E-state index >= 15 is 0 Å². The van der Waals surface area contributed by atoms with E-state index in [1.165, 1.54) is 0 Å². The lowest BCUT2D eigenvalue weighted by Gasteiger charge is -2.36. The molecule has 86 valence electrons. The van der Waals surface area contributed by atoms with E-state index in [0.717, 1.165) is 19.3 Å². The number of nitrogens with zero attached hydrogens (tertiary/aromatic N) is 1. The zero-order valence-corrected chi connectivity index (χ0v) is 10.3. The molecule has 0 radical (unpaired) electrons. The van der Waals surface area contributed by atoms with Crippen molar-refractivity contribution < 1.29 is 9.90 Å². The molecule has 1 aliphatic carbocycles. The molecule has 0 atom stereocenters. The van der Waals surface area contributed by atoms with Gasteiger partial charge in [0.1, 0.15) is 4.60 Å². The molecule has 0 saturated heterocycles. The number of aromatic nitrogens is 1. The Morgan fingerprint density at radius 3 is 2.94 bits per heavy atom. The highest BCUT2D eigenvalue weighted by Gasteiger charge is 2.34. The monoisotopic (exact) mass is 284 g/mol. The van der Waals surface area contributed by atoms with Gasteiger partial charge in [0, 0.05) is 12.7 Å². The van der Waals surface area contributed by atoms with Crippen LogP contribution in [0.3, 0.4) is 0 Å². The lowest BCUT2D eigenvalue weighted by Crippen LogP contribution is -2.47. The van der Waals surface area contributed by atoms with Gasteiger partial charge in [-0.3, -0.25) is 4.79 Å². The Kier molecular flexibility index (Phi) is 3.25. The van der Waals surface area contributed by atoms with Crippen LogP contribution in [-0.4, -0.2) is 28.1 Å². The summed E-state index contributed by atoms with van der Waals surface area (Å²) in [5.74, 6) is -0.208. The predicted octanol–water partition coefficient (Wildman–Crippen LogP) is 1.49. The second-order valence-electron chi connectivity index (χ2n) is 4.10. The Bertz CT molecular complexity index is 405. The molecule has 2 N–H and O–H groups in total. The smallest absolute Gasteiger partial charge is 0.254 e. The van der Waals surface area contributed by atoms with Gasteiger partial charge in [-0.15, -0.1) is 0 Å². The molecule has 0 unspecified atom stereocenters. The minimum absolute atomic E-state index is 0.208. The van der Waals surface area contributed by atoms with Gasteiger partial charge in [-0.25, -0.2) is 4.98 Å². The first-order valence-corrected chi connectivity index (χ1v) is 6.01. The number of halogens is 1. The summed E-state index contributed by atoms with van der Waals surface area (Å²) in [6, 6.07) is 3.40.